The zero-order chi connectivity index (χ0) is 22.8. The molecule has 3 heterocycles. The topological polar surface area (TPSA) is 91.0 Å². The molecule has 1 aliphatic heterocycles. The fraction of sp³-hybridized carbons (Fsp3) is 0.560. The maximum atomic E-state index is 5.87. The predicted molar refractivity (Wildman–Crippen MR) is 132 cm³/mol. The predicted octanol–water partition coefficient (Wildman–Crippen LogP) is 4.76. The van der Waals surface area contributed by atoms with E-state index >= 15 is 0 Å². The lowest BCUT2D eigenvalue weighted by molar-refractivity contribution is -0.0704. The fourth-order valence-electron chi connectivity index (χ4n) is 5.19. The van der Waals surface area contributed by atoms with E-state index in [4.69, 9.17) is 9.72 Å². The molecule has 2 fully saturated rings. The molecule has 33 heavy (non-hydrogen) atoms. The van der Waals surface area contributed by atoms with E-state index in [0.29, 0.717) is 12.0 Å². The lowest BCUT2D eigenvalue weighted by Crippen LogP contribution is -2.44. The Morgan fingerprint density at radius 1 is 1.09 bits per heavy atom. The normalized spacial score (nSPS) is 22.5. The zero-order valence-corrected chi connectivity index (χ0v) is 19.9. The molecule has 2 aromatic heterocycles. The van der Waals surface area contributed by atoms with E-state index in [-0.39, 0.29) is 12.2 Å². The number of fused-ring (bicyclic) bond motifs is 1. The van der Waals surface area contributed by atoms with Gasteiger partial charge in [-0.05, 0) is 50.8 Å². The number of morpholine rings is 1. The number of ether oxygens (including phenoxy) is 1. The summed E-state index contributed by atoms with van der Waals surface area (Å²) in [5.41, 5.74) is 5.05. The number of H-pyrrole nitrogens is 1. The van der Waals surface area contributed by atoms with Gasteiger partial charge in [-0.15, -0.1) is 0 Å². The van der Waals surface area contributed by atoms with E-state index in [1.165, 1.54) is 43.2 Å². The van der Waals surface area contributed by atoms with Gasteiger partial charge in [-0.3, -0.25) is 4.90 Å². The second-order valence-corrected chi connectivity index (χ2v) is 9.70. The van der Waals surface area contributed by atoms with Crippen LogP contribution in [0.1, 0.15) is 57.1 Å². The number of imidazole rings is 1. The number of aryl methyl sites for hydroxylation is 1. The number of hydrogen-bond acceptors (Lipinski definition) is 7. The molecular formula is C25H35N7O. The second kappa shape index (κ2) is 9.65. The molecule has 0 bridgehead atoms. The van der Waals surface area contributed by atoms with Crippen molar-refractivity contribution in [2.75, 3.05) is 23.7 Å². The molecule has 1 aliphatic carbocycles. The van der Waals surface area contributed by atoms with Crippen molar-refractivity contribution in [3.63, 3.8) is 0 Å². The lowest BCUT2D eigenvalue weighted by atomic mass is 9.95. The van der Waals surface area contributed by atoms with Crippen LogP contribution in [0.3, 0.4) is 0 Å². The summed E-state index contributed by atoms with van der Waals surface area (Å²) in [6, 6.07) is 7.03. The number of aromatic amines is 1. The first-order valence-electron chi connectivity index (χ1n) is 12.3. The number of hydrogen-bond donors (Lipinski definition) is 3. The summed E-state index contributed by atoms with van der Waals surface area (Å²) < 4.78 is 5.87. The summed E-state index contributed by atoms with van der Waals surface area (Å²) in [5, 5.41) is 7.06. The van der Waals surface area contributed by atoms with E-state index in [1.807, 2.05) is 0 Å². The molecular weight excluding hydrogens is 414 g/mol. The van der Waals surface area contributed by atoms with E-state index < -0.39 is 0 Å². The molecule has 0 amide bonds. The van der Waals surface area contributed by atoms with Crippen LogP contribution in [0.25, 0.3) is 11.2 Å². The van der Waals surface area contributed by atoms with Crippen LogP contribution < -0.4 is 10.6 Å². The van der Waals surface area contributed by atoms with Gasteiger partial charge in [0.05, 0.1) is 18.5 Å². The molecule has 0 unspecified atom stereocenters. The van der Waals surface area contributed by atoms with E-state index in [1.54, 1.807) is 6.33 Å². The molecule has 1 saturated heterocycles. The van der Waals surface area contributed by atoms with Gasteiger partial charge < -0.3 is 20.4 Å². The van der Waals surface area contributed by atoms with Crippen LogP contribution in [0.15, 0.2) is 24.5 Å². The van der Waals surface area contributed by atoms with Crippen LogP contribution in [0.5, 0.6) is 0 Å². The first-order valence-corrected chi connectivity index (χ1v) is 12.3. The molecule has 1 aromatic carbocycles. The van der Waals surface area contributed by atoms with Crippen LogP contribution in [0, 0.1) is 6.92 Å². The summed E-state index contributed by atoms with van der Waals surface area (Å²) in [6.45, 7) is 9.30. The molecule has 176 valence electrons. The maximum absolute atomic E-state index is 5.87. The van der Waals surface area contributed by atoms with Crippen LogP contribution >= 0.6 is 0 Å². The Balaban J connectivity index is 1.31. The smallest absolute Gasteiger partial charge is 0.231 e. The van der Waals surface area contributed by atoms with Gasteiger partial charge in [-0.25, -0.2) is 4.98 Å². The Morgan fingerprint density at radius 2 is 1.88 bits per heavy atom. The molecule has 1 saturated carbocycles. The fourth-order valence-corrected chi connectivity index (χ4v) is 5.19. The van der Waals surface area contributed by atoms with Crippen molar-refractivity contribution in [2.45, 2.75) is 77.7 Å². The minimum atomic E-state index is 0.279. The first kappa shape index (κ1) is 22.1. The van der Waals surface area contributed by atoms with Crippen molar-refractivity contribution in [1.82, 2.24) is 24.8 Å². The van der Waals surface area contributed by atoms with E-state index in [9.17, 15) is 0 Å². The van der Waals surface area contributed by atoms with Gasteiger partial charge >= 0.3 is 0 Å². The molecule has 0 radical (unpaired) electrons. The molecule has 8 heteroatoms. The van der Waals surface area contributed by atoms with E-state index in [0.717, 1.165) is 42.3 Å². The first-order chi connectivity index (χ1) is 16.0. The Morgan fingerprint density at radius 3 is 2.64 bits per heavy atom. The van der Waals surface area contributed by atoms with E-state index in [2.05, 4.69) is 69.5 Å². The third-order valence-electron chi connectivity index (χ3n) is 6.66. The highest BCUT2D eigenvalue weighted by Gasteiger charge is 2.22. The van der Waals surface area contributed by atoms with Gasteiger partial charge in [0.25, 0.3) is 0 Å². The summed E-state index contributed by atoms with van der Waals surface area (Å²) in [4.78, 5) is 19.5. The summed E-state index contributed by atoms with van der Waals surface area (Å²) >= 11 is 0. The molecule has 2 atom stereocenters. The molecule has 0 spiro atoms. The largest absolute Gasteiger partial charge is 0.373 e. The zero-order valence-electron chi connectivity index (χ0n) is 19.9. The standard InChI is InChI=1S/C25H35N7O/c1-16-11-19(14-32-12-17(2)33-18(3)13-32)9-10-21(16)29-25-30-23-22(26-15-27-23)24(31-25)28-20-7-5-4-6-8-20/h9-11,15,17-18,20H,4-8,12-14H2,1-3H3,(H3,26,27,28,29,30,31)/t17-,18+. The van der Waals surface area contributed by atoms with Gasteiger partial charge in [0.15, 0.2) is 11.5 Å². The molecule has 8 nitrogen and oxygen atoms in total. The van der Waals surface area contributed by atoms with Crippen molar-refractivity contribution in [3.8, 4) is 0 Å². The van der Waals surface area contributed by atoms with Gasteiger partial charge in [-0.1, -0.05) is 31.4 Å². The Labute approximate surface area is 195 Å². The van der Waals surface area contributed by atoms with Crippen molar-refractivity contribution < 1.29 is 4.74 Å². The molecule has 5 rings (SSSR count). The molecule has 2 aliphatic rings. The third-order valence-corrected chi connectivity index (χ3v) is 6.66. The van der Waals surface area contributed by atoms with Crippen LogP contribution in [-0.4, -0.2) is 56.2 Å². The third kappa shape index (κ3) is 5.28. The summed E-state index contributed by atoms with van der Waals surface area (Å²) in [5.74, 6) is 1.39. The minimum absolute atomic E-state index is 0.279. The number of nitrogens with one attached hydrogen (secondary N) is 3. The number of rotatable bonds is 6. The van der Waals surface area contributed by atoms with Gasteiger partial charge in [0, 0.05) is 31.4 Å². The van der Waals surface area contributed by atoms with Crippen molar-refractivity contribution in [1.29, 1.82) is 0 Å². The second-order valence-electron chi connectivity index (χ2n) is 9.70. The summed E-state index contributed by atoms with van der Waals surface area (Å²) in [7, 11) is 0. The van der Waals surface area contributed by atoms with Crippen molar-refractivity contribution in [3.05, 3.63) is 35.7 Å². The average molecular weight is 450 g/mol. The van der Waals surface area contributed by atoms with Gasteiger partial charge in [0.2, 0.25) is 5.95 Å². The maximum Gasteiger partial charge on any atom is 0.231 e. The highest BCUT2D eigenvalue weighted by molar-refractivity contribution is 5.84. The minimum Gasteiger partial charge on any atom is -0.373 e. The highest BCUT2D eigenvalue weighted by Crippen LogP contribution is 2.27. The molecule has 3 aromatic rings. The summed E-state index contributed by atoms with van der Waals surface area (Å²) in [6.07, 6.45) is 8.47. The average Bonchev–Trinajstić information content (AvgIpc) is 3.25. The van der Waals surface area contributed by atoms with Crippen molar-refractivity contribution in [2.24, 2.45) is 0 Å². The highest BCUT2D eigenvalue weighted by atomic mass is 16.5. The number of nitrogens with zero attached hydrogens (tertiary/aromatic N) is 4. The molecule has 3 N–H and O–H groups in total. The number of benzene rings is 1. The van der Waals surface area contributed by atoms with Gasteiger partial charge in [0.1, 0.15) is 5.52 Å². The Hall–Kier alpha value is -2.71. The Kier molecular flexibility index (Phi) is 6.46. The van der Waals surface area contributed by atoms with Crippen LogP contribution in [0.4, 0.5) is 17.5 Å². The number of anilines is 3. The lowest BCUT2D eigenvalue weighted by Gasteiger charge is -2.35. The van der Waals surface area contributed by atoms with Crippen molar-refractivity contribution >= 4 is 28.6 Å². The SMILES string of the molecule is Cc1cc(CN2C[C@@H](C)O[C@@H](C)C2)ccc1Nc1nc(NC2CCCCC2)c2nc[nH]c2n1. The quantitative estimate of drug-likeness (QED) is 0.500. The van der Waals surface area contributed by atoms with Crippen LogP contribution in [0.2, 0.25) is 0 Å². The van der Waals surface area contributed by atoms with Gasteiger partial charge in [-0.2, -0.15) is 9.97 Å². The number of aromatic nitrogens is 4. The monoisotopic (exact) mass is 449 g/mol. The van der Waals surface area contributed by atoms with Crippen LogP contribution in [-0.2, 0) is 11.3 Å². The Bertz CT molecular complexity index is 1080.